The van der Waals surface area contributed by atoms with Crippen LogP contribution in [0.3, 0.4) is 0 Å². The molecule has 0 aliphatic carbocycles. The van der Waals surface area contributed by atoms with Gasteiger partial charge in [0.2, 0.25) is 0 Å². The molecule has 0 aliphatic heterocycles. The number of anilines is 1. The average molecular weight is 353 g/mol. The van der Waals surface area contributed by atoms with E-state index < -0.39 is 11.7 Å². The SMILES string of the molecule is Cc1ccc2c(NC(=S)NC(=O)c3ccc(F)cc3)c(C)ccc2n1. The fraction of sp³-hybridized carbons (Fsp3) is 0.105. The van der Waals surface area contributed by atoms with Crippen LogP contribution in [-0.2, 0) is 0 Å². The third-order valence-corrected chi connectivity index (χ3v) is 3.99. The lowest BCUT2D eigenvalue weighted by Crippen LogP contribution is -2.34. The van der Waals surface area contributed by atoms with Crippen molar-refractivity contribution in [3.8, 4) is 0 Å². The van der Waals surface area contributed by atoms with Crippen LogP contribution in [0.15, 0.2) is 48.5 Å². The molecule has 2 aromatic carbocycles. The van der Waals surface area contributed by atoms with E-state index in [4.69, 9.17) is 12.2 Å². The van der Waals surface area contributed by atoms with E-state index in [1.807, 2.05) is 38.1 Å². The fourth-order valence-corrected chi connectivity index (χ4v) is 2.70. The van der Waals surface area contributed by atoms with E-state index in [9.17, 15) is 9.18 Å². The molecule has 0 atom stereocenters. The number of hydrogen-bond acceptors (Lipinski definition) is 3. The standard InChI is InChI=1S/C19H16FN3OS/c1-11-3-10-16-15(9-4-12(2)21-16)17(11)22-19(25)23-18(24)13-5-7-14(20)8-6-13/h3-10H,1-2H3,(H2,22,23,24,25). The first-order chi connectivity index (χ1) is 11.9. The zero-order chi connectivity index (χ0) is 18.0. The fourth-order valence-electron chi connectivity index (χ4n) is 2.50. The average Bonchev–Trinajstić information content (AvgIpc) is 2.58. The van der Waals surface area contributed by atoms with Crippen molar-refractivity contribution >= 4 is 39.8 Å². The number of benzene rings is 2. The van der Waals surface area contributed by atoms with Crippen LogP contribution in [0.25, 0.3) is 10.9 Å². The van der Waals surface area contributed by atoms with Crippen LogP contribution in [0.4, 0.5) is 10.1 Å². The first kappa shape index (κ1) is 17.0. The van der Waals surface area contributed by atoms with Crippen molar-refractivity contribution in [3.63, 3.8) is 0 Å². The molecule has 6 heteroatoms. The maximum atomic E-state index is 12.9. The Morgan fingerprint density at radius 1 is 1.04 bits per heavy atom. The van der Waals surface area contributed by atoms with Gasteiger partial charge in [-0.1, -0.05) is 6.07 Å². The van der Waals surface area contributed by atoms with Gasteiger partial charge in [0.05, 0.1) is 11.2 Å². The Balaban J connectivity index is 1.81. The van der Waals surface area contributed by atoms with Gasteiger partial charge in [0, 0.05) is 16.6 Å². The lowest BCUT2D eigenvalue weighted by atomic mass is 10.1. The molecule has 3 aromatic rings. The number of halogens is 1. The Kier molecular flexibility index (Phi) is 4.72. The molecule has 0 radical (unpaired) electrons. The van der Waals surface area contributed by atoms with Crippen LogP contribution in [0.2, 0.25) is 0 Å². The highest BCUT2D eigenvalue weighted by Gasteiger charge is 2.11. The highest BCUT2D eigenvalue weighted by molar-refractivity contribution is 7.80. The predicted octanol–water partition coefficient (Wildman–Crippen LogP) is 4.12. The number of pyridine rings is 1. The second-order valence-corrected chi connectivity index (χ2v) is 6.10. The van der Waals surface area contributed by atoms with Crippen LogP contribution >= 0.6 is 12.2 Å². The second kappa shape index (κ2) is 6.94. The number of aryl methyl sites for hydroxylation is 2. The van der Waals surface area contributed by atoms with E-state index in [0.29, 0.717) is 5.56 Å². The van der Waals surface area contributed by atoms with Crippen LogP contribution in [0, 0.1) is 19.7 Å². The van der Waals surface area contributed by atoms with Crippen molar-refractivity contribution in [1.82, 2.24) is 10.3 Å². The van der Waals surface area contributed by atoms with Gasteiger partial charge in [0.1, 0.15) is 5.82 Å². The molecule has 25 heavy (non-hydrogen) atoms. The number of aromatic nitrogens is 1. The molecule has 0 saturated carbocycles. The van der Waals surface area contributed by atoms with Gasteiger partial charge in [0.25, 0.3) is 5.91 Å². The molecular formula is C19H16FN3OS. The van der Waals surface area contributed by atoms with Crippen LogP contribution in [0.5, 0.6) is 0 Å². The zero-order valence-electron chi connectivity index (χ0n) is 13.8. The molecule has 2 N–H and O–H groups in total. The summed E-state index contributed by atoms with van der Waals surface area (Å²) in [6.45, 7) is 3.88. The van der Waals surface area contributed by atoms with E-state index in [2.05, 4.69) is 15.6 Å². The summed E-state index contributed by atoms with van der Waals surface area (Å²) < 4.78 is 12.9. The molecule has 126 valence electrons. The quantitative estimate of drug-likeness (QED) is 0.681. The van der Waals surface area contributed by atoms with Gasteiger partial charge in [-0.15, -0.1) is 0 Å². The topological polar surface area (TPSA) is 54.0 Å². The molecule has 0 unspecified atom stereocenters. The number of carbonyl (C=O) groups is 1. The summed E-state index contributed by atoms with van der Waals surface area (Å²) in [7, 11) is 0. The number of rotatable bonds is 2. The lowest BCUT2D eigenvalue weighted by Gasteiger charge is -2.14. The van der Waals surface area contributed by atoms with E-state index in [1.165, 1.54) is 24.3 Å². The Bertz CT molecular complexity index is 970. The van der Waals surface area contributed by atoms with Gasteiger partial charge in [-0.3, -0.25) is 15.1 Å². The van der Waals surface area contributed by atoms with Crippen molar-refractivity contribution in [1.29, 1.82) is 0 Å². The molecule has 1 aromatic heterocycles. The van der Waals surface area contributed by atoms with Gasteiger partial charge in [0.15, 0.2) is 5.11 Å². The summed E-state index contributed by atoms with van der Waals surface area (Å²) in [5.41, 5.74) is 3.89. The summed E-state index contributed by atoms with van der Waals surface area (Å²) in [5, 5.41) is 6.77. The first-order valence-corrected chi connectivity index (χ1v) is 8.10. The molecule has 0 saturated heterocycles. The molecule has 0 spiro atoms. The molecule has 1 heterocycles. The molecule has 4 nitrogen and oxygen atoms in total. The highest BCUT2D eigenvalue weighted by Crippen LogP contribution is 2.26. The number of amides is 1. The van der Waals surface area contributed by atoms with Gasteiger partial charge in [-0.05, 0) is 74.1 Å². The van der Waals surface area contributed by atoms with Crippen LogP contribution in [-0.4, -0.2) is 16.0 Å². The zero-order valence-corrected chi connectivity index (χ0v) is 14.6. The Morgan fingerprint density at radius 2 is 1.76 bits per heavy atom. The molecule has 3 rings (SSSR count). The number of carbonyl (C=O) groups excluding carboxylic acids is 1. The normalized spacial score (nSPS) is 10.5. The minimum Gasteiger partial charge on any atom is -0.332 e. The highest BCUT2D eigenvalue weighted by atomic mass is 32.1. The summed E-state index contributed by atoms with van der Waals surface area (Å²) in [4.78, 5) is 16.7. The summed E-state index contributed by atoms with van der Waals surface area (Å²) in [6.07, 6.45) is 0. The number of thiocarbonyl (C=S) groups is 1. The van der Waals surface area contributed by atoms with Gasteiger partial charge >= 0.3 is 0 Å². The summed E-state index contributed by atoms with van der Waals surface area (Å²) >= 11 is 5.25. The summed E-state index contributed by atoms with van der Waals surface area (Å²) in [6, 6.07) is 13.1. The van der Waals surface area contributed by atoms with E-state index in [-0.39, 0.29) is 5.11 Å². The van der Waals surface area contributed by atoms with Crippen molar-refractivity contribution in [2.75, 3.05) is 5.32 Å². The van der Waals surface area contributed by atoms with Crippen molar-refractivity contribution < 1.29 is 9.18 Å². The smallest absolute Gasteiger partial charge is 0.257 e. The van der Waals surface area contributed by atoms with Crippen LogP contribution in [0.1, 0.15) is 21.6 Å². The minimum absolute atomic E-state index is 0.172. The lowest BCUT2D eigenvalue weighted by molar-refractivity contribution is 0.0977. The predicted molar refractivity (Wildman–Crippen MR) is 101 cm³/mol. The number of hydrogen-bond donors (Lipinski definition) is 2. The van der Waals surface area contributed by atoms with E-state index in [0.717, 1.165) is 27.8 Å². The van der Waals surface area contributed by atoms with Gasteiger partial charge in [-0.2, -0.15) is 0 Å². The van der Waals surface area contributed by atoms with Gasteiger partial charge < -0.3 is 5.32 Å². The largest absolute Gasteiger partial charge is 0.332 e. The maximum Gasteiger partial charge on any atom is 0.257 e. The Morgan fingerprint density at radius 3 is 2.48 bits per heavy atom. The summed E-state index contributed by atoms with van der Waals surface area (Å²) in [5.74, 6) is -0.796. The molecule has 0 aliphatic rings. The molecule has 0 bridgehead atoms. The third-order valence-electron chi connectivity index (χ3n) is 3.79. The number of nitrogens with zero attached hydrogens (tertiary/aromatic N) is 1. The van der Waals surface area contributed by atoms with Crippen LogP contribution < -0.4 is 10.6 Å². The van der Waals surface area contributed by atoms with E-state index in [1.54, 1.807) is 0 Å². The molecular weight excluding hydrogens is 337 g/mol. The van der Waals surface area contributed by atoms with Gasteiger partial charge in [-0.25, -0.2) is 4.39 Å². The first-order valence-electron chi connectivity index (χ1n) is 7.69. The monoisotopic (exact) mass is 353 g/mol. The second-order valence-electron chi connectivity index (χ2n) is 5.69. The van der Waals surface area contributed by atoms with Crippen molar-refractivity contribution in [3.05, 3.63) is 71.2 Å². The molecule has 1 amide bonds. The number of fused-ring (bicyclic) bond motifs is 1. The van der Waals surface area contributed by atoms with Crippen molar-refractivity contribution in [2.24, 2.45) is 0 Å². The maximum absolute atomic E-state index is 12.9. The van der Waals surface area contributed by atoms with E-state index >= 15 is 0 Å². The number of nitrogens with one attached hydrogen (secondary N) is 2. The third kappa shape index (κ3) is 3.80. The molecule has 0 fully saturated rings. The van der Waals surface area contributed by atoms with Crippen molar-refractivity contribution in [2.45, 2.75) is 13.8 Å². The Hall–Kier alpha value is -2.86. The minimum atomic E-state index is -0.399. The Labute approximate surface area is 150 Å².